The molecule has 0 fully saturated rings. The second-order valence-corrected chi connectivity index (χ2v) is 5.53. The lowest BCUT2D eigenvalue weighted by atomic mass is 10.0. The fourth-order valence-electron chi connectivity index (χ4n) is 2.18. The number of alkyl halides is 3. The molecule has 2 aromatic carbocycles. The van der Waals surface area contributed by atoms with E-state index in [9.17, 15) is 22.7 Å². The molecule has 0 bridgehead atoms. The van der Waals surface area contributed by atoms with Crippen molar-refractivity contribution in [1.29, 1.82) is 0 Å². The average Bonchev–Trinajstić information content (AvgIpc) is 2.82. The fourth-order valence-corrected chi connectivity index (χ4v) is 2.55. The van der Waals surface area contributed by atoms with Crippen LogP contribution in [-0.4, -0.2) is 15.3 Å². The Hall–Kier alpha value is -2.09. The predicted octanol–water partition coefficient (Wildman–Crippen LogP) is 4.86. The van der Waals surface area contributed by atoms with Gasteiger partial charge in [0, 0.05) is 15.4 Å². The first kappa shape index (κ1) is 14.8. The number of benzene rings is 2. The van der Waals surface area contributed by atoms with Crippen LogP contribution in [0.25, 0.3) is 22.2 Å². The number of rotatable bonds is 1. The summed E-state index contributed by atoms with van der Waals surface area (Å²) >= 11 is 3.25. The van der Waals surface area contributed by atoms with Crippen LogP contribution in [0.2, 0.25) is 0 Å². The maximum absolute atomic E-state index is 14.2. The summed E-state index contributed by atoms with van der Waals surface area (Å²) in [5.41, 5.74) is -1.42. The smallest absolute Gasteiger partial charge is 0.419 e. The lowest BCUT2D eigenvalue weighted by Gasteiger charge is -2.11. The standard InChI is InChI=1S/C14H7BrF4N2O/c15-6-1-2-8-11(3-6)20-21-13(8)9-4-7(22)5-10(12(9)16)14(17,18)19/h1-5,22H,(H,20,21). The third kappa shape index (κ3) is 2.43. The molecule has 1 aromatic heterocycles. The van der Waals surface area contributed by atoms with Gasteiger partial charge in [0.15, 0.2) is 0 Å². The predicted molar refractivity (Wildman–Crippen MR) is 75.9 cm³/mol. The topological polar surface area (TPSA) is 48.9 Å². The monoisotopic (exact) mass is 374 g/mol. The highest BCUT2D eigenvalue weighted by Crippen LogP contribution is 2.39. The van der Waals surface area contributed by atoms with Gasteiger partial charge >= 0.3 is 6.18 Å². The first-order valence-electron chi connectivity index (χ1n) is 6.01. The molecule has 3 aromatic rings. The van der Waals surface area contributed by atoms with E-state index in [1.165, 1.54) is 0 Å². The van der Waals surface area contributed by atoms with Gasteiger partial charge in [0.25, 0.3) is 0 Å². The zero-order valence-electron chi connectivity index (χ0n) is 10.7. The summed E-state index contributed by atoms with van der Waals surface area (Å²) in [5.74, 6) is -2.15. The molecule has 3 rings (SSSR count). The van der Waals surface area contributed by atoms with E-state index in [4.69, 9.17) is 0 Å². The SMILES string of the molecule is Oc1cc(-c2n[nH]c3cc(Br)ccc23)c(F)c(C(F)(F)F)c1. The van der Waals surface area contributed by atoms with Gasteiger partial charge in [-0.1, -0.05) is 15.9 Å². The Kier molecular flexibility index (Phi) is 3.36. The summed E-state index contributed by atoms with van der Waals surface area (Å²) in [5, 5.41) is 16.4. The first-order chi connectivity index (χ1) is 10.3. The molecule has 3 nitrogen and oxygen atoms in total. The number of phenolic OH excluding ortho intramolecular Hbond substituents is 1. The van der Waals surface area contributed by atoms with Gasteiger partial charge in [-0.2, -0.15) is 18.3 Å². The molecular weight excluding hydrogens is 368 g/mol. The number of aromatic amines is 1. The van der Waals surface area contributed by atoms with Crippen molar-refractivity contribution in [2.24, 2.45) is 0 Å². The molecule has 0 aliphatic rings. The van der Waals surface area contributed by atoms with Gasteiger partial charge in [0.1, 0.15) is 17.3 Å². The van der Waals surface area contributed by atoms with E-state index in [2.05, 4.69) is 26.1 Å². The third-order valence-corrected chi connectivity index (χ3v) is 3.64. The highest BCUT2D eigenvalue weighted by molar-refractivity contribution is 9.10. The van der Waals surface area contributed by atoms with Crippen LogP contribution in [0.15, 0.2) is 34.8 Å². The van der Waals surface area contributed by atoms with Gasteiger partial charge in [0.05, 0.1) is 11.1 Å². The molecule has 0 unspecified atom stereocenters. The number of halogens is 5. The Bertz CT molecular complexity index is 873. The number of fused-ring (bicyclic) bond motifs is 1. The Morgan fingerprint density at radius 3 is 2.55 bits per heavy atom. The summed E-state index contributed by atoms with van der Waals surface area (Å²) in [4.78, 5) is 0. The lowest BCUT2D eigenvalue weighted by Crippen LogP contribution is -2.09. The number of nitrogens with zero attached hydrogens (tertiary/aromatic N) is 1. The van der Waals surface area contributed by atoms with Gasteiger partial charge in [-0.3, -0.25) is 5.10 Å². The van der Waals surface area contributed by atoms with Crippen LogP contribution >= 0.6 is 15.9 Å². The molecule has 0 amide bonds. The first-order valence-corrected chi connectivity index (χ1v) is 6.80. The van der Waals surface area contributed by atoms with E-state index in [0.717, 1.165) is 10.5 Å². The molecule has 0 saturated heterocycles. The normalized spacial score (nSPS) is 12.0. The number of H-pyrrole nitrogens is 1. The minimum atomic E-state index is -4.91. The second kappa shape index (κ2) is 4.98. The summed E-state index contributed by atoms with van der Waals surface area (Å²) < 4.78 is 53.5. The van der Waals surface area contributed by atoms with Crippen molar-refractivity contribution in [3.05, 3.63) is 46.2 Å². The van der Waals surface area contributed by atoms with Crippen molar-refractivity contribution in [2.45, 2.75) is 6.18 Å². The minimum absolute atomic E-state index is 0.00130. The highest BCUT2D eigenvalue weighted by atomic mass is 79.9. The second-order valence-electron chi connectivity index (χ2n) is 4.61. The highest BCUT2D eigenvalue weighted by Gasteiger charge is 2.36. The van der Waals surface area contributed by atoms with E-state index in [0.29, 0.717) is 17.0 Å². The number of aromatic nitrogens is 2. The van der Waals surface area contributed by atoms with Gasteiger partial charge in [-0.15, -0.1) is 0 Å². The van der Waals surface area contributed by atoms with Crippen molar-refractivity contribution in [3.63, 3.8) is 0 Å². The summed E-state index contributed by atoms with van der Waals surface area (Å²) in [6.45, 7) is 0. The van der Waals surface area contributed by atoms with Crippen molar-refractivity contribution in [3.8, 4) is 17.0 Å². The molecule has 1 heterocycles. The zero-order chi connectivity index (χ0) is 16.1. The molecule has 8 heteroatoms. The molecule has 114 valence electrons. The van der Waals surface area contributed by atoms with Gasteiger partial charge in [-0.05, 0) is 30.3 Å². The van der Waals surface area contributed by atoms with Crippen molar-refractivity contribution in [2.75, 3.05) is 0 Å². The van der Waals surface area contributed by atoms with E-state index in [-0.39, 0.29) is 5.69 Å². The molecular formula is C14H7BrF4N2O. The molecule has 2 N–H and O–H groups in total. The van der Waals surface area contributed by atoms with Crippen molar-refractivity contribution < 1.29 is 22.7 Å². The number of hydrogen-bond acceptors (Lipinski definition) is 2. The molecule has 0 aliphatic heterocycles. The number of nitrogens with one attached hydrogen (secondary N) is 1. The van der Waals surface area contributed by atoms with E-state index in [1.54, 1.807) is 18.2 Å². The largest absolute Gasteiger partial charge is 0.508 e. The van der Waals surface area contributed by atoms with Crippen LogP contribution in [0.5, 0.6) is 5.75 Å². The Morgan fingerprint density at radius 2 is 1.86 bits per heavy atom. The number of hydrogen-bond donors (Lipinski definition) is 2. The molecule has 0 aliphatic carbocycles. The fraction of sp³-hybridized carbons (Fsp3) is 0.0714. The summed E-state index contributed by atoms with van der Waals surface area (Å²) in [6.07, 6.45) is -4.91. The Balaban J connectivity index is 2.29. The van der Waals surface area contributed by atoms with Gasteiger partial charge < -0.3 is 5.11 Å². The number of aromatic hydroxyl groups is 1. The quantitative estimate of drug-likeness (QED) is 0.597. The molecule has 0 radical (unpaired) electrons. The minimum Gasteiger partial charge on any atom is -0.508 e. The molecule has 0 atom stereocenters. The third-order valence-electron chi connectivity index (χ3n) is 3.14. The lowest BCUT2D eigenvalue weighted by molar-refractivity contribution is -0.140. The zero-order valence-corrected chi connectivity index (χ0v) is 12.3. The molecule has 0 saturated carbocycles. The summed E-state index contributed by atoms with van der Waals surface area (Å²) in [7, 11) is 0. The maximum atomic E-state index is 14.2. The van der Waals surface area contributed by atoms with Crippen LogP contribution in [0.1, 0.15) is 5.56 Å². The van der Waals surface area contributed by atoms with Crippen LogP contribution in [-0.2, 0) is 6.18 Å². The van der Waals surface area contributed by atoms with Crippen LogP contribution in [0.4, 0.5) is 17.6 Å². The van der Waals surface area contributed by atoms with Crippen LogP contribution < -0.4 is 0 Å². The Labute approximate surface area is 129 Å². The average molecular weight is 375 g/mol. The van der Waals surface area contributed by atoms with E-state index >= 15 is 0 Å². The van der Waals surface area contributed by atoms with Crippen LogP contribution in [0.3, 0.4) is 0 Å². The van der Waals surface area contributed by atoms with Gasteiger partial charge in [-0.25, -0.2) is 4.39 Å². The van der Waals surface area contributed by atoms with E-state index in [1.807, 2.05) is 0 Å². The molecule has 22 heavy (non-hydrogen) atoms. The Morgan fingerprint density at radius 1 is 1.14 bits per heavy atom. The number of phenols is 1. The maximum Gasteiger partial charge on any atom is 0.419 e. The summed E-state index contributed by atoms with van der Waals surface area (Å²) in [6, 6.07) is 6.19. The van der Waals surface area contributed by atoms with Crippen molar-refractivity contribution >= 4 is 26.8 Å². The van der Waals surface area contributed by atoms with Crippen LogP contribution in [0, 0.1) is 5.82 Å². The van der Waals surface area contributed by atoms with Gasteiger partial charge in [0.2, 0.25) is 0 Å². The van der Waals surface area contributed by atoms with Crippen molar-refractivity contribution in [1.82, 2.24) is 10.2 Å². The molecule has 0 spiro atoms. The van der Waals surface area contributed by atoms with E-state index < -0.39 is 28.9 Å².